The number of rotatable bonds is 6. The molecule has 1 heterocycles. The van der Waals surface area contributed by atoms with Crippen molar-refractivity contribution in [2.24, 2.45) is 23.7 Å². The van der Waals surface area contributed by atoms with E-state index in [2.05, 4.69) is 10.3 Å². The molecule has 4 fully saturated rings. The fourth-order valence-electron chi connectivity index (χ4n) is 5.96. The van der Waals surface area contributed by atoms with E-state index in [9.17, 15) is 5.11 Å². The fraction of sp³-hybridized carbons (Fsp3) is 0.619. The number of aliphatic hydroxyl groups is 1. The van der Waals surface area contributed by atoms with E-state index in [1.54, 1.807) is 0 Å². The zero-order valence-electron chi connectivity index (χ0n) is 14.7. The molecule has 0 spiro atoms. The van der Waals surface area contributed by atoms with Crippen molar-refractivity contribution < 1.29 is 9.84 Å². The molecule has 4 aliphatic rings. The maximum atomic E-state index is 10.4. The number of hydrogen-bond acceptors (Lipinski definition) is 3. The van der Waals surface area contributed by atoms with Gasteiger partial charge in [-0.2, -0.15) is 0 Å². The average molecular weight is 340 g/mol. The lowest BCUT2D eigenvalue weighted by atomic mass is 9.54. The van der Waals surface area contributed by atoms with Gasteiger partial charge in [-0.1, -0.05) is 6.07 Å². The number of fused-ring (bicyclic) bond motifs is 1. The number of aromatic nitrogens is 1. The van der Waals surface area contributed by atoms with Crippen LogP contribution in [0.3, 0.4) is 0 Å². The Morgan fingerprint density at radius 1 is 1.08 bits per heavy atom. The van der Waals surface area contributed by atoms with Crippen molar-refractivity contribution in [3.63, 3.8) is 0 Å². The molecule has 1 aromatic heterocycles. The summed E-state index contributed by atoms with van der Waals surface area (Å²) in [5, 5.41) is 15.2. The van der Waals surface area contributed by atoms with Gasteiger partial charge in [0.25, 0.3) is 0 Å². The molecule has 6 rings (SSSR count). The third-order valence-electron chi connectivity index (χ3n) is 6.80. The van der Waals surface area contributed by atoms with Crippen LogP contribution in [0.4, 0.5) is 0 Å². The number of aliphatic hydroxyl groups excluding tert-OH is 1. The predicted octanol–water partition coefficient (Wildman–Crippen LogP) is 3.32. The molecule has 0 radical (unpaired) electrons. The lowest BCUT2D eigenvalue weighted by molar-refractivity contribution is -0.0188. The highest BCUT2D eigenvalue weighted by Gasteiger charge is 2.47. The number of aromatic amines is 1. The van der Waals surface area contributed by atoms with Crippen molar-refractivity contribution in [1.82, 2.24) is 10.3 Å². The minimum Gasteiger partial charge on any atom is -0.490 e. The zero-order chi connectivity index (χ0) is 16.8. The average Bonchev–Trinajstić information content (AvgIpc) is 3.08. The van der Waals surface area contributed by atoms with Crippen molar-refractivity contribution >= 4 is 10.9 Å². The molecule has 4 nitrogen and oxygen atoms in total. The molecular formula is C21H28N2O2. The Bertz CT molecular complexity index is 712. The molecule has 1 aromatic carbocycles. The van der Waals surface area contributed by atoms with Gasteiger partial charge < -0.3 is 20.1 Å². The largest absolute Gasteiger partial charge is 0.490 e. The van der Waals surface area contributed by atoms with Crippen LogP contribution in [0.2, 0.25) is 0 Å². The molecule has 0 amide bonds. The van der Waals surface area contributed by atoms with Gasteiger partial charge in [0.15, 0.2) is 0 Å². The Hall–Kier alpha value is -1.52. The highest BCUT2D eigenvalue weighted by Crippen LogP contribution is 2.53. The van der Waals surface area contributed by atoms with Crippen molar-refractivity contribution in [1.29, 1.82) is 0 Å². The summed E-state index contributed by atoms with van der Waals surface area (Å²) in [4.78, 5) is 3.19. The molecule has 0 saturated heterocycles. The molecule has 4 saturated carbocycles. The molecule has 2 aromatic rings. The first-order chi connectivity index (χ1) is 12.3. The van der Waals surface area contributed by atoms with E-state index >= 15 is 0 Å². The number of hydrogen-bond donors (Lipinski definition) is 3. The first-order valence-corrected chi connectivity index (χ1v) is 9.86. The second kappa shape index (κ2) is 6.33. The third-order valence-corrected chi connectivity index (χ3v) is 6.80. The van der Waals surface area contributed by atoms with E-state index in [0.717, 1.165) is 40.3 Å². The van der Waals surface area contributed by atoms with E-state index in [0.29, 0.717) is 19.2 Å². The molecule has 0 unspecified atom stereocenters. The normalized spacial score (nSPS) is 34.5. The Balaban J connectivity index is 1.15. The molecule has 4 bridgehead atoms. The van der Waals surface area contributed by atoms with E-state index in [1.807, 2.05) is 30.5 Å². The smallest absolute Gasteiger partial charge is 0.128 e. The van der Waals surface area contributed by atoms with Gasteiger partial charge in [0.2, 0.25) is 0 Å². The second-order valence-electron chi connectivity index (χ2n) is 8.52. The summed E-state index contributed by atoms with van der Waals surface area (Å²) >= 11 is 0. The molecule has 25 heavy (non-hydrogen) atoms. The van der Waals surface area contributed by atoms with Crippen molar-refractivity contribution in [2.45, 2.75) is 44.2 Å². The van der Waals surface area contributed by atoms with Crippen LogP contribution >= 0.6 is 0 Å². The van der Waals surface area contributed by atoms with Crippen LogP contribution in [0.15, 0.2) is 30.5 Å². The predicted molar refractivity (Wildman–Crippen MR) is 98.6 cm³/mol. The molecular weight excluding hydrogens is 312 g/mol. The van der Waals surface area contributed by atoms with Gasteiger partial charge in [-0.05, 0) is 74.0 Å². The minimum absolute atomic E-state index is 0.338. The molecule has 134 valence electrons. The van der Waals surface area contributed by atoms with Crippen LogP contribution in [0.25, 0.3) is 10.9 Å². The first-order valence-electron chi connectivity index (χ1n) is 9.86. The summed E-state index contributed by atoms with van der Waals surface area (Å²) in [5.41, 5.74) is 1.07. The van der Waals surface area contributed by atoms with Crippen LogP contribution < -0.4 is 10.1 Å². The summed E-state index contributed by atoms with van der Waals surface area (Å²) in [5.74, 6) is 4.52. The molecule has 4 heteroatoms. The van der Waals surface area contributed by atoms with Crippen molar-refractivity contribution in [3.05, 3.63) is 30.5 Å². The highest BCUT2D eigenvalue weighted by molar-refractivity contribution is 5.85. The summed E-state index contributed by atoms with van der Waals surface area (Å²) in [7, 11) is 0. The van der Waals surface area contributed by atoms with Crippen molar-refractivity contribution in [3.8, 4) is 5.75 Å². The van der Waals surface area contributed by atoms with E-state index in [4.69, 9.17) is 4.74 Å². The van der Waals surface area contributed by atoms with Gasteiger partial charge in [0.05, 0.1) is 0 Å². The third kappa shape index (κ3) is 2.96. The van der Waals surface area contributed by atoms with Gasteiger partial charge in [-0.3, -0.25) is 0 Å². The summed E-state index contributed by atoms with van der Waals surface area (Å²) in [6, 6.07) is 8.62. The maximum Gasteiger partial charge on any atom is 0.128 e. The van der Waals surface area contributed by atoms with E-state index < -0.39 is 6.10 Å². The lowest BCUT2D eigenvalue weighted by Gasteiger charge is -2.54. The highest BCUT2D eigenvalue weighted by atomic mass is 16.5. The SMILES string of the molecule is O[C@H](CNC1C2CC3CC(C2)CC1C3)COc1cccc2[nH]ccc12. The Kier molecular flexibility index (Phi) is 3.98. The zero-order valence-corrected chi connectivity index (χ0v) is 14.7. The Labute approximate surface area is 149 Å². The standard InChI is InChI=1S/C21H28N2O2/c24-17(12-25-20-3-1-2-19-18(20)4-5-22-19)11-23-21-15-7-13-6-14(9-15)10-16(21)8-13/h1-5,13-17,21-24H,6-12H2/t13?,14?,15?,16?,17-,21?/m1/s1. The molecule has 4 aliphatic carbocycles. The minimum atomic E-state index is -0.466. The van der Waals surface area contributed by atoms with E-state index in [-0.39, 0.29) is 0 Å². The summed E-state index contributed by atoms with van der Waals surface area (Å²) in [6.45, 7) is 0.973. The second-order valence-corrected chi connectivity index (χ2v) is 8.52. The fourth-order valence-corrected chi connectivity index (χ4v) is 5.96. The van der Waals surface area contributed by atoms with Crippen LogP contribution in [0.1, 0.15) is 32.1 Å². The molecule has 1 atom stereocenters. The van der Waals surface area contributed by atoms with Crippen LogP contribution in [0.5, 0.6) is 5.75 Å². The number of H-pyrrole nitrogens is 1. The monoisotopic (exact) mass is 340 g/mol. The van der Waals surface area contributed by atoms with E-state index in [1.165, 1.54) is 32.1 Å². The number of ether oxygens (including phenoxy) is 1. The van der Waals surface area contributed by atoms with Gasteiger partial charge in [0, 0.05) is 29.7 Å². The number of nitrogens with one attached hydrogen (secondary N) is 2. The van der Waals surface area contributed by atoms with Gasteiger partial charge in [-0.15, -0.1) is 0 Å². The Morgan fingerprint density at radius 3 is 2.60 bits per heavy atom. The van der Waals surface area contributed by atoms with Crippen LogP contribution in [0, 0.1) is 23.7 Å². The Morgan fingerprint density at radius 2 is 1.84 bits per heavy atom. The van der Waals surface area contributed by atoms with Crippen molar-refractivity contribution in [2.75, 3.05) is 13.2 Å². The topological polar surface area (TPSA) is 57.3 Å². The summed E-state index contributed by atoms with van der Waals surface area (Å²) < 4.78 is 5.89. The summed E-state index contributed by atoms with van der Waals surface area (Å²) in [6.07, 6.45) is 8.58. The molecule has 3 N–H and O–H groups in total. The molecule has 0 aliphatic heterocycles. The van der Waals surface area contributed by atoms with Gasteiger partial charge in [0.1, 0.15) is 18.5 Å². The van der Waals surface area contributed by atoms with Crippen LogP contribution in [-0.2, 0) is 0 Å². The quantitative estimate of drug-likeness (QED) is 0.756. The number of benzene rings is 1. The van der Waals surface area contributed by atoms with Gasteiger partial charge in [-0.25, -0.2) is 0 Å². The van der Waals surface area contributed by atoms with Gasteiger partial charge >= 0.3 is 0 Å². The van der Waals surface area contributed by atoms with Crippen LogP contribution in [-0.4, -0.2) is 35.4 Å². The lowest BCUT2D eigenvalue weighted by Crippen LogP contribution is -2.55. The maximum absolute atomic E-state index is 10.4. The first kappa shape index (κ1) is 15.7.